The van der Waals surface area contributed by atoms with Crippen LogP contribution in [-0.2, 0) is 17.6 Å². The zero-order valence-electron chi connectivity index (χ0n) is 13.1. The van der Waals surface area contributed by atoms with Gasteiger partial charge >= 0.3 is 4.34 Å². The number of thiazole rings is 1. The van der Waals surface area contributed by atoms with Crippen LogP contribution in [0.5, 0.6) is 5.88 Å². The second-order valence-electron chi connectivity index (χ2n) is 5.31. The minimum absolute atomic E-state index is 0.551. The molecule has 0 spiro atoms. The van der Waals surface area contributed by atoms with E-state index in [9.17, 15) is 4.55 Å². The molecule has 24 heavy (non-hydrogen) atoms. The van der Waals surface area contributed by atoms with Gasteiger partial charge in [-0.2, -0.15) is 4.98 Å². The monoisotopic (exact) mass is 358 g/mol. The molecule has 0 amide bonds. The van der Waals surface area contributed by atoms with E-state index in [1.165, 1.54) is 11.3 Å². The molecular weight excluding hydrogens is 344 g/mol. The largest absolute Gasteiger partial charge is 0.610 e. The average molecular weight is 358 g/mol. The molecule has 3 heterocycles. The highest BCUT2D eigenvalue weighted by Crippen LogP contribution is 2.27. The Balaban J connectivity index is 1.71. The minimum Gasteiger partial charge on any atom is -0.610 e. The number of fused-ring (bicyclic) bond motifs is 2. The van der Waals surface area contributed by atoms with Crippen LogP contribution < -0.4 is 4.74 Å². The zero-order chi connectivity index (χ0) is 16.7. The van der Waals surface area contributed by atoms with Crippen molar-refractivity contribution in [3.8, 4) is 5.88 Å². The Morgan fingerprint density at radius 2 is 2.17 bits per heavy atom. The van der Waals surface area contributed by atoms with Crippen LogP contribution in [0.3, 0.4) is 0 Å². The highest BCUT2D eigenvalue weighted by molar-refractivity contribution is 7.92. The number of benzene rings is 1. The molecule has 0 N–H and O–H groups in total. The third-order valence-electron chi connectivity index (χ3n) is 3.68. The van der Waals surface area contributed by atoms with E-state index in [0.717, 1.165) is 27.1 Å². The summed E-state index contributed by atoms with van der Waals surface area (Å²) in [6.07, 6.45) is 4.17. The Morgan fingerprint density at radius 1 is 1.29 bits per heavy atom. The maximum atomic E-state index is 11.6. The number of hydrogen-bond acceptors (Lipinski definition) is 6. The Kier molecular flexibility index (Phi) is 3.87. The zero-order valence-corrected chi connectivity index (χ0v) is 14.7. The van der Waals surface area contributed by atoms with Gasteiger partial charge in [-0.25, -0.2) is 9.50 Å². The summed E-state index contributed by atoms with van der Waals surface area (Å²) in [6.45, 7) is 0. The highest BCUT2D eigenvalue weighted by Gasteiger charge is 2.13. The summed E-state index contributed by atoms with van der Waals surface area (Å²) in [6, 6.07) is 9.76. The van der Waals surface area contributed by atoms with Crippen LogP contribution in [0.25, 0.3) is 15.9 Å². The summed E-state index contributed by atoms with van der Waals surface area (Å²) in [5, 5.41) is 4.42. The van der Waals surface area contributed by atoms with Gasteiger partial charge < -0.3 is 9.29 Å². The van der Waals surface area contributed by atoms with Crippen molar-refractivity contribution < 1.29 is 9.29 Å². The van der Waals surface area contributed by atoms with E-state index in [4.69, 9.17) is 4.74 Å². The van der Waals surface area contributed by atoms with Crippen LogP contribution in [0, 0.1) is 0 Å². The Bertz CT molecular complexity index is 1030. The van der Waals surface area contributed by atoms with E-state index in [0.29, 0.717) is 16.6 Å². The molecule has 0 saturated heterocycles. The van der Waals surface area contributed by atoms with Crippen LogP contribution in [0.1, 0.15) is 11.3 Å². The molecule has 4 aromatic rings. The van der Waals surface area contributed by atoms with Gasteiger partial charge in [0.1, 0.15) is 6.26 Å². The maximum absolute atomic E-state index is 11.6. The summed E-state index contributed by atoms with van der Waals surface area (Å²) in [7, 11) is 1.59. The molecule has 0 aliphatic heterocycles. The summed E-state index contributed by atoms with van der Waals surface area (Å²) in [5.74, 6) is 0.551. The molecule has 0 fully saturated rings. The van der Waals surface area contributed by atoms with Crippen molar-refractivity contribution in [1.29, 1.82) is 0 Å². The lowest BCUT2D eigenvalue weighted by atomic mass is 10.1. The maximum Gasteiger partial charge on any atom is 0.302 e. The standard InChI is InChI=1S/C16H14N4O2S2/c1-22-15-6-5-14-17-9-11(20(14)19-15)7-10-3-4-12-13(8-10)23-16(18-12)24(2)21/h3-6,8-9H,7H2,1-2H3. The molecule has 1 atom stereocenters. The van der Waals surface area contributed by atoms with Crippen molar-refractivity contribution in [3.63, 3.8) is 0 Å². The first-order valence-corrected chi connectivity index (χ1v) is 9.62. The molecule has 0 radical (unpaired) electrons. The lowest BCUT2D eigenvalue weighted by Crippen LogP contribution is -2.00. The fraction of sp³-hybridized carbons (Fsp3) is 0.188. The molecule has 1 unspecified atom stereocenters. The van der Waals surface area contributed by atoms with Crippen LogP contribution >= 0.6 is 11.3 Å². The van der Waals surface area contributed by atoms with Gasteiger partial charge in [0.05, 0.1) is 29.2 Å². The van der Waals surface area contributed by atoms with E-state index in [1.54, 1.807) is 23.9 Å². The predicted molar refractivity (Wildman–Crippen MR) is 94.3 cm³/mol. The number of methoxy groups -OCH3 is 1. The molecule has 122 valence electrons. The van der Waals surface area contributed by atoms with Crippen molar-refractivity contribution >= 4 is 38.4 Å². The van der Waals surface area contributed by atoms with Crippen molar-refractivity contribution in [1.82, 2.24) is 19.6 Å². The van der Waals surface area contributed by atoms with Gasteiger partial charge in [-0.05, 0) is 23.8 Å². The summed E-state index contributed by atoms with van der Waals surface area (Å²) in [5.41, 5.74) is 3.78. The smallest absolute Gasteiger partial charge is 0.302 e. The number of aromatic nitrogens is 4. The quantitative estimate of drug-likeness (QED) is 0.524. The molecule has 0 bridgehead atoms. The van der Waals surface area contributed by atoms with Crippen LogP contribution in [0.15, 0.2) is 40.9 Å². The fourth-order valence-corrected chi connectivity index (χ4v) is 4.25. The summed E-state index contributed by atoms with van der Waals surface area (Å²) >= 11 is 0.420. The molecular formula is C16H14N4O2S2. The number of rotatable bonds is 4. The molecule has 0 saturated carbocycles. The number of imidazole rings is 1. The van der Waals surface area contributed by atoms with Crippen LogP contribution in [0.2, 0.25) is 0 Å². The molecule has 4 rings (SSSR count). The first-order valence-electron chi connectivity index (χ1n) is 7.24. The first-order chi connectivity index (χ1) is 11.6. The number of hydrogen-bond donors (Lipinski definition) is 0. The molecule has 0 aliphatic rings. The van der Waals surface area contributed by atoms with Gasteiger partial charge in [-0.15, -0.1) is 5.10 Å². The number of ether oxygens (including phenoxy) is 1. The van der Waals surface area contributed by atoms with Crippen molar-refractivity contribution in [2.45, 2.75) is 10.8 Å². The van der Waals surface area contributed by atoms with E-state index in [1.807, 2.05) is 24.4 Å². The minimum atomic E-state index is -1.05. The fourth-order valence-electron chi connectivity index (χ4n) is 2.52. The van der Waals surface area contributed by atoms with Crippen LogP contribution in [0.4, 0.5) is 0 Å². The molecule has 3 aromatic heterocycles. The van der Waals surface area contributed by atoms with E-state index in [2.05, 4.69) is 21.1 Å². The first kappa shape index (κ1) is 15.4. The third-order valence-corrected chi connectivity index (χ3v) is 6.03. The van der Waals surface area contributed by atoms with Crippen molar-refractivity contribution in [3.05, 3.63) is 47.8 Å². The van der Waals surface area contributed by atoms with Gasteiger partial charge in [0.15, 0.2) is 5.65 Å². The molecule has 6 nitrogen and oxygen atoms in total. The van der Waals surface area contributed by atoms with Gasteiger partial charge in [0.25, 0.3) is 0 Å². The van der Waals surface area contributed by atoms with Gasteiger partial charge in [0, 0.05) is 23.7 Å². The Hall–Kier alpha value is -2.16. The van der Waals surface area contributed by atoms with Gasteiger partial charge in [-0.1, -0.05) is 17.4 Å². The van der Waals surface area contributed by atoms with E-state index >= 15 is 0 Å². The summed E-state index contributed by atoms with van der Waals surface area (Å²) < 4.78 is 20.3. The highest BCUT2D eigenvalue weighted by atomic mass is 32.2. The SMILES string of the molecule is COc1ccc2ncc(Cc3ccc4nc([S+](C)[O-])sc4c3)n2n1. The van der Waals surface area contributed by atoms with Gasteiger partial charge in [-0.3, -0.25) is 0 Å². The number of nitrogens with zero attached hydrogens (tertiary/aromatic N) is 4. The lowest BCUT2D eigenvalue weighted by Gasteiger charge is -2.03. The van der Waals surface area contributed by atoms with E-state index in [-0.39, 0.29) is 0 Å². The second kappa shape index (κ2) is 6.04. The molecule has 8 heteroatoms. The topological polar surface area (TPSA) is 75.4 Å². The van der Waals surface area contributed by atoms with Gasteiger partial charge in [0.2, 0.25) is 5.88 Å². The van der Waals surface area contributed by atoms with E-state index < -0.39 is 11.2 Å². The molecule has 1 aromatic carbocycles. The Morgan fingerprint density at radius 3 is 2.96 bits per heavy atom. The van der Waals surface area contributed by atoms with Crippen LogP contribution in [-0.4, -0.2) is 37.5 Å². The van der Waals surface area contributed by atoms with Crippen molar-refractivity contribution in [2.75, 3.05) is 13.4 Å². The predicted octanol–water partition coefficient (Wildman–Crippen LogP) is 2.68. The lowest BCUT2D eigenvalue weighted by molar-refractivity contribution is 0.389. The third kappa shape index (κ3) is 2.72. The summed E-state index contributed by atoms with van der Waals surface area (Å²) in [4.78, 5) is 8.77. The Labute approximate surface area is 145 Å². The van der Waals surface area contributed by atoms with Crippen molar-refractivity contribution in [2.24, 2.45) is 0 Å². The second-order valence-corrected chi connectivity index (χ2v) is 7.89. The normalized spacial score (nSPS) is 12.8. The molecule has 0 aliphatic carbocycles. The average Bonchev–Trinajstić information content (AvgIpc) is 3.18.